The molecule has 0 atom stereocenters. The highest BCUT2D eigenvalue weighted by atomic mass is 16.2. The molecule has 1 N–H and O–H groups in total. The number of hydrogen-bond donors (Lipinski definition) is 1. The van der Waals surface area contributed by atoms with Crippen molar-refractivity contribution in [3.63, 3.8) is 0 Å². The normalized spacial score (nSPS) is 16.5. The van der Waals surface area contributed by atoms with Crippen LogP contribution >= 0.6 is 0 Å². The number of aryl methyl sites for hydroxylation is 1. The van der Waals surface area contributed by atoms with Crippen molar-refractivity contribution < 1.29 is 0 Å². The van der Waals surface area contributed by atoms with Gasteiger partial charge in [-0.25, -0.2) is 4.79 Å². The van der Waals surface area contributed by atoms with E-state index in [9.17, 15) is 9.59 Å². The molecule has 4 nitrogen and oxygen atoms in total. The van der Waals surface area contributed by atoms with Gasteiger partial charge in [-0.1, -0.05) is 6.08 Å². The van der Waals surface area contributed by atoms with Crippen LogP contribution in [0.1, 0.15) is 31.9 Å². The summed E-state index contributed by atoms with van der Waals surface area (Å²) in [6.45, 7) is 7.92. The average Bonchev–Trinajstić information content (AvgIpc) is 2.27. The molecule has 2 aromatic rings. The fourth-order valence-corrected chi connectivity index (χ4v) is 3.04. The molecule has 0 fully saturated rings. The Bertz CT molecular complexity index is 851. The smallest absolute Gasteiger partial charge is 0.284 e. The molecule has 0 amide bonds. The van der Waals surface area contributed by atoms with Gasteiger partial charge >= 0.3 is 5.69 Å². The molecule has 1 aliphatic rings. The number of hydrogen-bond acceptors (Lipinski definition) is 2. The Labute approximate surface area is 110 Å². The number of H-pyrrole nitrogens is 1. The van der Waals surface area contributed by atoms with E-state index in [-0.39, 0.29) is 11.2 Å². The van der Waals surface area contributed by atoms with Crippen LogP contribution in [0.5, 0.6) is 0 Å². The summed E-state index contributed by atoms with van der Waals surface area (Å²) >= 11 is 0. The van der Waals surface area contributed by atoms with Gasteiger partial charge in [0.2, 0.25) is 0 Å². The first-order valence-corrected chi connectivity index (χ1v) is 6.31. The van der Waals surface area contributed by atoms with Crippen LogP contribution < -0.4 is 11.2 Å². The summed E-state index contributed by atoms with van der Waals surface area (Å²) in [5.74, 6) is 0. The van der Waals surface area contributed by atoms with Crippen LogP contribution in [0, 0.1) is 6.92 Å². The van der Waals surface area contributed by atoms with E-state index >= 15 is 0 Å². The molecule has 4 heteroatoms. The third-order valence-electron chi connectivity index (χ3n) is 3.72. The molecule has 3 rings (SSSR count). The molecular formula is C15H16N2O2. The van der Waals surface area contributed by atoms with Gasteiger partial charge in [-0.05, 0) is 51.0 Å². The van der Waals surface area contributed by atoms with E-state index in [4.69, 9.17) is 0 Å². The highest BCUT2D eigenvalue weighted by molar-refractivity contribution is 5.92. The van der Waals surface area contributed by atoms with E-state index in [0.29, 0.717) is 5.39 Å². The third kappa shape index (κ3) is 1.52. The fraction of sp³-hybridized carbons (Fsp3) is 0.333. The van der Waals surface area contributed by atoms with Crippen LogP contribution in [-0.2, 0) is 5.54 Å². The number of allylic oxidation sites excluding steroid dienone is 2. The van der Waals surface area contributed by atoms with Crippen molar-refractivity contribution >= 4 is 16.5 Å². The lowest BCUT2D eigenvalue weighted by Crippen LogP contribution is -2.41. The van der Waals surface area contributed by atoms with Crippen molar-refractivity contribution in [3.05, 3.63) is 50.2 Å². The van der Waals surface area contributed by atoms with Crippen LogP contribution in [0.25, 0.3) is 16.5 Å². The van der Waals surface area contributed by atoms with Gasteiger partial charge in [-0.2, -0.15) is 0 Å². The minimum atomic E-state index is -0.439. The van der Waals surface area contributed by atoms with Crippen LogP contribution in [-0.4, -0.2) is 9.55 Å². The lowest BCUT2D eigenvalue weighted by atomic mass is 9.90. The van der Waals surface area contributed by atoms with E-state index in [2.05, 4.69) is 11.1 Å². The van der Waals surface area contributed by atoms with Gasteiger partial charge in [0, 0.05) is 5.56 Å². The van der Waals surface area contributed by atoms with Gasteiger partial charge in [-0.15, -0.1) is 0 Å². The molecule has 1 aromatic heterocycles. The van der Waals surface area contributed by atoms with E-state index in [1.807, 2.05) is 39.8 Å². The van der Waals surface area contributed by atoms with Gasteiger partial charge in [0.05, 0.1) is 16.4 Å². The van der Waals surface area contributed by atoms with E-state index in [0.717, 1.165) is 22.2 Å². The van der Waals surface area contributed by atoms with E-state index < -0.39 is 5.54 Å². The maximum absolute atomic E-state index is 12.2. The second-order valence-electron chi connectivity index (χ2n) is 5.78. The average molecular weight is 256 g/mol. The Morgan fingerprint density at radius 1 is 1.16 bits per heavy atom. The molecule has 0 radical (unpaired) electrons. The van der Waals surface area contributed by atoms with Crippen molar-refractivity contribution in [2.45, 2.75) is 33.2 Å². The monoisotopic (exact) mass is 256 g/mol. The van der Waals surface area contributed by atoms with Crippen LogP contribution in [0.15, 0.2) is 27.8 Å². The summed E-state index contributed by atoms with van der Waals surface area (Å²) in [5, 5.41) is 0.579. The molecule has 98 valence electrons. The summed E-state index contributed by atoms with van der Waals surface area (Å²) in [7, 11) is 0. The van der Waals surface area contributed by atoms with Gasteiger partial charge in [-0.3, -0.25) is 14.3 Å². The second-order valence-corrected chi connectivity index (χ2v) is 5.78. The maximum atomic E-state index is 12.2. The highest BCUT2D eigenvalue weighted by Crippen LogP contribution is 2.34. The maximum Gasteiger partial charge on any atom is 0.329 e. The molecule has 1 aliphatic heterocycles. The molecule has 0 saturated heterocycles. The molecule has 0 aliphatic carbocycles. The molecule has 1 aromatic carbocycles. The van der Waals surface area contributed by atoms with Crippen molar-refractivity contribution in [2.24, 2.45) is 0 Å². The van der Waals surface area contributed by atoms with Crippen molar-refractivity contribution in [1.82, 2.24) is 9.55 Å². The Kier molecular flexibility index (Phi) is 2.18. The first kappa shape index (κ1) is 12.0. The predicted octanol–water partition coefficient (Wildman–Crippen LogP) is 2.15. The molecular weight excluding hydrogens is 240 g/mol. The molecule has 0 saturated carbocycles. The fourth-order valence-electron chi connectivity index (χ4n) is 3.04. The predicted molar refractivity (Wildman–Crippen MR) is 76.5 cm³/mol. The number of nitrogens with one attached hydrogen (secondary N) is 1. The SMILES string of the molecule is CC1=CC(C)(C)n2c(=O)[nH]c(=O)c3cc(C)cc1c32. The molecule has 19 heavy (non-hydrogen) atoms. The lowest BCUT2D eigenvalue weighted by Gasteiger charge is -2.31. The summed E-state index contributed by atoms with van der Waals surface area (Å²) in [6.07, 6.45) is 2.06. The first-order chi connectivity index (χ1) is 8.81. The Morgan fingerprint density at radius 2 is 1.84 bits per heavy atom. The largest absolute Gasteiger partial charge is 0.329 e. The summed E-state index contributed by atoms with van der Waals surface area (Å²) in [6, 6.07) is 3.86. The third-order valence-corrected chi connectivity index (χ3v) is 3.72. The van der Waals surface area contributed by atoms with Crippen LogP contribution in [0.3, 0.4) is 0 Å². The number of benzene rings is 1. The Balaban J connectivity index is 2.70. The molecule has 2 heterocycles. The van der Waals surface area contributed by atoms with E-state index in [1.165, 1.54) is 0 Å². The molecule has 0 unspecified atom stereocenters. The van der Waals surface area contributed by atoms with Gasteiger partial charge < -0.3 is 0 Å². The summed E-state index contributed by atoms with van der Waals surface area (Å²) < 4.78 is 1.67. The Hall–Kier alpha value is -2.10. The second kappa shape index (κ2) is 3.47. The van der Waals surface area contributed by atoms with E-state index in [1.54, 1.807) is 4.57 Å². The number of rotatable bonds is 0. The minimum Gasteiger partial charge on any atom is -0.284 e. The van der Waals surface area contributed by atoms with Crippen LogP contribution in [0.2, 0.25) is 0 Å². The number of aromatic nitrogens is 2. The van der Waals surface area contributed by atoms with Gasteiger partial charge in [0.15, 0.2) is 0 Å². The lowest BCUT2D eigenvalue weighted by molar-refractivity contribution is 0.444. The Morgan fingerprint density at radius 3 is 2.53 bits per heavy atom. The zero-order valence-corrected chi connectivity index (χ0v) is 11.5. The highest BCUT2D eigenvalue weighted by Gasteiger charge is 2.28. The first-order valence-electron chi connectivity index (χ1n) is 6.31. The summed E-state index contributed by atoms with van der Waals surface area (Å²) in [4.78, 5) is 26.6. The standard InChI is InChI=1S/C15H16N2O2/c1-8-5-10-9(2)7-15(3,4)17-12(10)11(6-8)13(18)16-14(17)19/h5-7H,1-4H3,(H,16,18,19). The van der Waals surface area contributed by atoms with Crippen LogP contribution in [0.4, 0.5) is 0 Å². The van der Waals surface area contributed by atoms with Crippen molar-refractivity contribution in [1.29, 1.82) is 0 Å². The van der Waals surface area contributed by atoms with Crippen molar-refractivity contribution in [2.75, 3.05) is 0 Å². The van der Waals surface area contributed by atoms with Gasteiger partial charge in [0.1, 0.15) is 0 Å². The topological polar surface area (TPSA) is 54.9 Å². The van der Waals surface area contributed by atoms with Crippen molar-refractivity contribution in [3.8, 4) is 0 Å². The van der Waals surface area contributed by atoms with Gasteiger partial charge in [0.25, 0.3) is 5.56 Å². The quantitative estimate of drug-likeness (QED) is 0.785. The summed E-state index contributed by atoms with van der Waals surface area (Å²) in [5.41, 5.74) is 2.73. The zero-order valence-electron chi connectivity index (χ0n) is 11.5. The number of aromatic amines is 1. The number of nitrogens with zero attached hydrogens (tertiary/aromatic N) is 1. The molecule has 0 spiro atoms. The molecule has 0 bridgehead atoms. The minimum absolute atomic E-state index is 0.313. The zero-order chi connectivity index (χ0) is 13.9.